The van der Waals surface area contributed by atoms with E-state index in [1.807, 2.05) is 24.3 Å². The summed E-state index contributed by atoms with van der Waals surface area (Å²) in [6.07, 6.45) is 2.69. The molecule has 0 aliphatic heterocycles. The summed E-state index contributed by atoms with van der Waals surface area (Å²) in [6, 6.07) is 7.79. The Bertz CT molecular complexity index is 595. The number of aromatic nitrogens is 4. The van der Waals surface area contributed by atoms with Crippen LogP contribution < -0.4 is 10.1 Å². The molecule has 0 radical (unpaired) electrons. The summed E-state index contributed by atoms with van der Waals surface area (Å²) >= 11 is 0. The average Bonchev–Trinajstić information content (AvgIpc) is 3.06. The minimum atomic E-state index is -0.0126. The summed E-state index contributed by atoms with van der Waals surface area (Å²) in [5.74, 6) is 1.14. The summed E-state index contributed by atoms with van der Waals surface area (Å²) in [5, 5.41) is 14.0. The zero-order valence-corrected chi connectivity index (χ0v) is 13.8. The first-order valence-electron chi connectivity index (χ1n) is 7.74. The number of aryl methyl sites for hydroxylation is 1. The molecule has 1 aromatic carbocycles. The molecule has 0 spiro atoms. The Morgan fingerprint density at radius 3 is 2.61 bits per heavy atom. The van der Waals surface area contributed by atoms with Crippen molar-refractivity contribution >= 4 is 5.91 Å². The third kappa shape index (κ3) is 5.05. The Labute approximate surface area is 136 Å². The molecule has 1 aromatic heterocycles. The van der Waals surface area contributed by atoms with Gasteiger partial charge in [-0.3, -0.25) is 4.79 Å². The minimum absolute atomic E-state index is 0.0126. The molecule has 1 atom stereocenters. The van der Waals surface area contributed by atoms with Crippen molar-refractivity contribution in [3.8, 4) is 5.75 Å². The number of hydrogen-bond acceptors (Lipinski definition) is 5. The molecular formula is C16H23N5O2. The first-order valence-corrected chi connectivity index (χ1v) is 7.74. The van der Waals surface area contributed by atoms with Gasteiger partial charge in [0.15, 0.2) is 0 Å². The van der Waals surface area contributed by atoms with Gasteiger partial charge in [-0.25, -0.2) is 4.68 Å². The highest BCUT2D eigenvalue weighted by Crippen LogP contribution is 2.24. The lowest BCUT2D eigenvalue weighted by atomic mass is 9.95. The molecule has 0 fully saturated rings. The predicted octanol–water partition coefficient (Wildman–Crippen LogP) is 1.98. The van der Waals surface area contributed by atoms with Crippen molar-refractivity contribution in [1.82, 2.24) is 25.5 Å². The number of benzene rings is 1. The molecule has 2 aromatic rings. The second-order valence-corrected chi connectivity index (χ2v) is 5.74. The summed E-state index contributed by atoms with van der Waals surface area (Å²) < 4.78 is 6.79. The summed E-state index contributed by atoms with van der Waals surface area (Å²) in [7, 11) is 1.64. The molecule has 0 bridgehead atoms. The van der Waals surface area contributed by atoms with E-state index in [-0.39, 0.29) is 11.9 Å². The van der Waals surface area contributed by atoms with E-state index in [0.717, 1.165) is 11.3 Å². The van der Waals surface area contributed by atoms with Crippen LogP contribution in [0.3, 0.4) is 0 Å². The number of nitrogens with zero attached hydrogens (tertiary/aromatic N) is 4. The lowest BCUT2D eigenvalue weighted by molar-refractivity contribution is -0.122. The van der Waals surface area contributed by atoms with E-state index in [4.69, 9.17) is 4.74 Å². The van der Waals surface area contributed by atoms with Crippen LogP contribution in [-0.4, -0.2) is 33.2 Å². The van der Waals surface area contributed by atoms with Crippen molar-refractivity contribution in [3.63, 3.8) is 0 Å². The van der Waals surface area contributed by atoms with Crippen molar-refractivity contribution in [2.24, 2.45) is 5.92 Å². The normalized spacial score (nSPS) is 12.2. The third-order valence-electron chi connectivity index (χ3n) is 3.64. The van der Waals surface area contributed by atoms with Crippen LogP contribution in [-0.2, 0) is 11.3 Å². The molecule has 1 amide bonds. The molecule has 0 saturated heterocycles. The molecule has 0 saturated carbocycles. The Hall–Kier alpha value is -2.44. The fourth-order valence-electron chi connectivity index (χ4n) is 2.38. The number of rotatable bonds is 8. The number of ether oxygens (including phenoxy) is 1. The molecule has 1 N–H and O–H groups in total. The van der Waals surface area contributed by atoms with Crippen molar-refractivity contribution in [2.45, 2.75) is 39.3 Å². The first-order chi connectivity index (χ1) is 11.1. The van der Waals surface area contributed by atoms with Gasteiger partial charge in [0.2, 0.25) is 5.91 Å². The SMILES string of the molecule is COc1ccc([C@H](NC(=O)CCCn2cnnn2)C(C)C)cc1. The standard InChI is InChI=1S/C16H23N5O2/c1-12(2)16(13-6-8-14(23-3)9-7-13)18-15(22)5-4-10-21-11-17-19-20-21/h6-9,11-12,16H,4-5,10H2,1-3H3,(H,18,22)/t16-/m1/s1. The van der Waals surface area contributed by atoms with Crippen molar-refractivity contribution in [1.29, 1.82) is 0 Å². The zero-order chi connectivity index (χ0) is 16.7. The van der Waals surface area contributed by atoms with Crippen LogP contribution >= 0.6 is 0 Å². The van der Waals surface area contributed by atoms with Crippen molar-refractivity contribution in [3.05, 3.63) is 36.2 Å². The highest BCUT2D eigenvalue weighted by molar-refractivity contribution is 5.76. The monoisotopic (exact) mass is 317 g/mol. The van der Waals surface area contributed by atoms with E-state index in [1.54, 1.807) is 18.1 Å². The van der Waals surface area contributed by atoms with Gasteiger partial charge in [-0.15, -0.1) is 5.10 Å². The van der Waals surface area contributed by atoms with E-state index in [2.05, 4.69) is 34.7 Å². The summed E-state index contributed by atoms with van der Waals surface area (Å²) in [4.78, 5) is 12.2. The maximum Gasteiger partial charge on any atom is 0.220 e. The van der Waals surface area contributed by atoms with E-state index < -0.39 is 0 Å². The number of amides is 1. The number of carbonyl (C=O) groups excluding carboxylic acids is 1. The Kier molecular flexibility index (Phi) is 6.08. The fraction of sp³-hybridized carbons (Fsp3) is 0.500. The quantitative estimate of drug-likeness (QED) is 0.805. The van der Waals surface area contributed by atoms with Crippen LogP contribution in [0, 0.1) is 5.92 Å². The molecule has 0 aliphatic carbocycles. The third-order valence-corrected chi connectivity index (χ3v) is 3.64. The van der Waals surface area contributed by atoms with E-state index in [0.29, 0.717) is 25.3 Å². The number of methoxy groups -OCH3 is 1. The smallest absolute Gasteiger partial charge is 0.220 e. The zero-order valence-electron chi connectivity index (χ0n) is 13.8. The molecule has 2 rings (SSSR count). The number of hydrogen-bond donors (Lipinski definition) is 1. The largest absolute Gasteiger partial charge is 0.497 e. The van der Waals surface area contributed by atoms with Gasteiger partial charge in [0.1, 0.15) is 12.1 Å². The maximum atomic E-state index is 12.2. The van der Waals surface area contributed by atoms with Gasteiger partial charge in [-0.2, -0.15) is 0 Å². The molecular weight excluding hydrogens is 294 g/mol. The van der Waals surface area contributed by atoms with Gasteiger partial charge in [-0.05, 0) is 40.5 Å². The van der Waals surface area contributed by atoms with E-state index >= 15 is 0 Å². The topological polar surface area (TPSA) is 81.9 Å². The average molecular weight is 317 g/mol. The Balaban J connectivity index is 1.88. The van der Waals surface area contributed by atoms with Gasteiger partial charge in [0.05, 0.1) is 13.2 Å². The molecule has 124 valence electrons. The Morgan fingerprint density at radius 1 is 1.30 bits per heavy atom. The lowest BCUT2D eigenvalue weighted by Crippen LogP contribution is -2.31. The van der Waals surface area contributed by atoms with Gasteiger partial charge in [-0.1, -0.05) is 26.0 Å². The van der Waals surface area contributed by atoms with Crippen molar-refractivity contribution in [2.75, 3.05) is 7.11 Å². The van der Waals surface area contributed by atoms with Crippen LogP contribution in [0.25, 0.3) is 0 Å². The highest BCUT2D eigenvalue weighted by Gasteiger charge is 2.18. The molecule has 1 heterocycles. The number of carbonyl (C=O) groups is 1. The van der Waals surface area contributed by atoms with Crippen LogP contribution in [0.15, 0.2) is 30.6 Å². The van der Waals surface area contributed by atoms with Crippen molar-refractivity contribution < 1.29 is 9.53 Å². The highest BCUT2D eigenvalue weighted by atomic mass is 16.5. The second kappa shape index (κ2) is 8.26. The number of nitrogens with one attached hydrogen (secondary N) is 1. The van der Waals surface area contributed by atoms with Gasteiger partial charge >= 0.3 is 0 Å². The Morgan fingerprint density at radius 2 is 2.04 bits per heavy atom. The minimum Gasteiger partial charge on any atom is -0.497 e. The predicted molar refractivity (Wildman–Crippen MR) is 85.8 cm³/mol. The van der Waals surface area contributed by atoms with Gasteiger partial charge < -0.3 is 10.1 Å². The van der Waals surface area contributed by atoms with Crippen LogP contribution in [0.1, 0.15) is 38.3 Å². The van der Waals surface area contributed by atoms with Crippen LogP contribution in [0.2, 0.25) is 0 Å². The van der Waals surface area contributed by atoms with Gasteiger partial charge in [0, 0.05) is 13.0 Å². The second-order valence-electron chi connectivity index (χ2n) is 5.74. The summed E-state index contributed by atoms with van der Waals surface area (Å²) in [5.41, 5.74) is 1.08. The molecule has 7 nitrogen and oxygen atoms in total. The first kappa shape index (κ1) is 16.9. The maximum absolute atomic E-state index is 12.2. The summed E-state index contributed by atoms with van der Waals surface area (Å²) in [6.45, 7) is 4.82. The van der Waals surface area contributed by atoms with E-state index in [1.165, 1.54) is 0 Å². The molecule has 7 heteroatoms. The van der Waals surface area contributed by atoms with Crippen LogP contribution in [0.4, 0.5) is 0 Å². The molecule has 0 aliphatic rings. The fourth-order valence-corrected chi connectivity index (χ4v) is 2.38. The molecule has 0 unspecified atom stereocenters. The molecule has 23 heavy (non-hydrogen) atoms. The van der Waals surface area contributed by atoms with E-state index in [9.17, 15) is 4.79 Å². The lowest BCUT2D eigenvalue weighted by Gasteiger charge is -2.23. The van der Waals surface area contributed by atoms with Crippen LogP contribution in [0.5, 0.6) is 5.75 Å². The van der Waals surface area contributed by atoms with Gasteiger partial charge in [0.25, 0.3) is 0 Å². The number of tetrazole rings is 1.